The van der Waals surface area contributed by atoms with Crippen LogP contribution in [-0.4, -0.2) is 37.1 Å². The lowest BCUT2D eigenvalue weighted by atomic mass is 10.2. The second-order valence-electron chi connectivity index (χ2n) is 3.66. The molecule has 0 aliphatic rings. The Hall–Kier alpha value is -1.00. The molecule has 1 heterocycles. The van der Waals surface area contributed by atoms with Crippen LogP contribution in [0.3, 0.4) is 0 Å². The average Bonchev–Trinajstić information content (AvgIpc) is 2.26. The topological polar surface area (TPSA) is 28.2 Å². The first-order chi connectivity index (χ1) is 7.15. The minimum atomic E-state index is -0.288. The second-order valence-corrected chi connectivity index (χ2v) is 3.66. The van der Waals surface area contributed by atoms with Crippen LogP contribution in [-0.2, 0) is 0 Å². The Kier molecular flexibility index (Phi) is 4.65. The Balaban J connectivity index is 2.59. The highest BCUT2D eigenvalue weighted by Crippen LogP contribution is 2.15. The van der Waals surface area contributed by atoms with E-state index in [1.165, 1.54) is 12.3 Å². The normalized spacial score (nSPS) is 13.1. The summed E-state index contributed by atoms with van der Waals surface area (Å²) in [6.45, 7) is 3.94. The van der Waals surface area contributed by atoms with Gasteiger partial charge in [-0.2, -0.15) is 0 Å². The zero-order valence-corrected chi connectivity index (χ0v) is 9.50. The molecule has 0 bridgehead atoms. The van der Waals surface area contributed by atoms with Gasteiger partial charge in [-0.25, -0.2) is 4.39 Å². The molecule has 1 N–H and O–H groups in total. The zero-order chi connectivity index (χ0) is 11.3. The fourth-order valence-electron chi connectivity index (χ4n) is 1.34. The van der Waals surface area contributed by atoms with Crippen molar-refractivity contribution >= 4 is 0 Å². The number of hydrogen-bond donors (Lipinski definition) is 1. The minimum absolute atomic E-state index is 0.207. The third-order valence-corrected chi connectivity index (χ3v) is 2.55. The number of likely N-dealkylation sites (N-methyl/N-ethyl adjacent to an activating group) is 2. The third-order valence-electron chi connectivity index (χ3n) is 2.55. The molecule has 0 spiro atoms. The summed E-state index contributed by atoms with van der Waals surface area (Å²) in [5.74, 6) is -0.288. The monoisotopic (exact) mass is 211 g/mol. The first kappa shape index (κ1) is 12.1. The summed E-state index contributed by atoms with van der Waals surface area (Å²) in [5, 5.41) is 3.09. The van der Waals surface area contributed by atoms with E-state index < -0.39 is 0 Å². The molecule has 0 saturated carbocycles. The second kappa shape index (κ2) is 5.78. The lowest BCUT2D eigenvalue weighted by Gasteiger charge is -2.23. The van der Waals surface area contributed by atoms with E-state index in [2.05, 4.69) is 22.1 Å². The van der Waals surface area contributed by atoms with Crippen LogP contribution in [0, 0.1) is 5.82 Å². The highest BCUT2D eigenvalue weighted by molar-refractivity contribution is 5.09. The van der Waals surface area contributed by atoms with Gasteiger partial charge in [0.15, 0.2) is 0 Å². The predicted molar refractivity (Wildman–Crippen MR) is 59.2 cm³/mol. The van der Waals surface area contributed by atoms with E-state index in [0.29, 0.717) is 0 Å². The number of aromatic nitrogens is 1. The van der Waals surface area contributed by atoms with Crippen LogP contribution in [0.25, 0.3) is 0 Å². The summed E-state index contributed by atoms with van der Waals surface area (Å²) in [7, 11) is 3.96. The largest absolute Gasteiger partial charge is 0.318 e. The molecule has 3 nitrogen and oxygen atoms in total. The summed E-state index contributed by atoms with van der Waals surface area (Å²) in [5.41, 5.74) is 0.898. The van der Waals surface area contributed by atoms with Crippen molar-refractivity contribution in [3.63, 3.8) is 0 Å². The van der Waals surface area contributed by atoms with Gasteiger partial charge in [0.2, 0.25) is 0 Å². The Bertz CT molecular complexity index is 286. The molecule has 1 aromatic rings. The van der Waals surface area contributed by atoms with Crippen molar-refractivity contribution < 1.29 is 4.39 Å². The highest BCUT2D eigenvalue weighted by Gasteiger charge is 2.11. The molecule has 0 aliphatic carbocycles. The van der Waals surface area contributed by atoms with Crippen LogP contribution in [0.5, 0.6) is 0 Å². The van der Waals surface area contributed by atoms with Gasteiger partial charge in [0.05, 0.1) is 11.9 Å². The maximum Gasteiger partial charge on any atom is 0.141 e. The average molecular weight is 211 g/mol. The molecule has 0 saturated heterocycles. The van der Waals surface area contributed by atoms with Crippen LogP contribution in [0.2, 0.25) is 0 Å². The molecule has 0 aromatic carbocycles. The van der Waals surface area contributed by atoms with Crippen molar-refractivity contribution in [3.05, 3.63) is 29.8 Å². The lowest BCUT2D eigenvalue weighted by molar-refractivity contribution is 0.259. The number of nitrogens with zero attached hydrogens (tertiary/aromatic N) is 2. The van der Waals surface area contributed by atoms with Gasteiger partial charge in [-0.05, 0) is 33.2 Å². The van der Waals surface area contributed by atoms with Gasteiger partial charge >= 0.3 is 0 Å². The molecule has 0 radical (unpaired) electrons. The fourth-order valence-corrected chi connectivity index (χ4v) is 1.34. The molecule has 0 fully saturated rings. The summed E-state index contributed by atoms with van der Waals surface area (Å²) < 4.78 is 12.7. The molecule has 15 heavy (non-hydrogen) atoms. The minimum Gasteiger partial charge on any atom is -0.318 e. The number of nitrogens with one attached hydrogen (secondary N) is 1. The van der Waals surface area contributed by atoms with Crippen LogP contribution in [0.1, 0.15) is 18.7 Å². The van der Waals surface area contributed by atoms with E-state index in [4.69, 9.17) is 0 Å². The van der Waals surface area contributed by atoms with E-state index in [9.17, 15) is 4.39 Å². The molecule has 1 unspecified atom stereocenters. The number of hydrogen-bond acceptors (Lipinski definition) is 3. The standard InChI is InChI=1S/C11H18FN3/c1-9(15(3)7-6-13-2)11-5-4-10(12)8-14-11/h4-5,8-9,13H,6-7H2,1-3H3. The van der Waals surface area contributed by atoms with Gasteiger partial charge < -0.3 is 5.32 Å². The molecule has 1 atom stereocenters. The Morgan fingerprint density at radius 2 is 2.27 bits per heavy atom. The number of pyridine rings is 1. The van der Waals surface area contributed by atoms with Gasteiger partial charge in [-0.15, -0.1) is 0 Å². The maximum atomic E-state index is 12.7. The smallest absolute Gasteiger partial charge is 0.141 e. The number of halogens is 1. The summed E-state index contributed by atoms with van der Waals surface area (Å²) in [4.78, 5) is 6.25. The maximum absolute atomic E-state index is 12.7. The van der Waals surface area contributed by atoms with E-state index in [-0.39, 0.29) is 11.9 Å². The Morgan fingerprint density at radius 1 is 1.53 bits per heavy atom. The van der Waals surface area contributed by atoms with E-state index in [1.807, 2.05) is 14.1 Å². The summed E-state index contributed by atoms with van der Waals surface area (Å²) >= 11 is 0. The summed E-state index contributed by atoms with van der Waals surface area (Å²) in [6.07, 6.45) is 1.26. The molecular weight excluding hydrogens is 193 g/mol. The fraction of sp³-hybridized carbons (Fsp3) is 0.545. The van der Waals surface area contributed by atoms with Crippen molar-refractivity contribution in [1.82, 2.24) is 15.2 Å². The van der Waals surface area contributed by atoms with Gasteiger partial charge in [0, 0.05) is 19.1 Å². The lowest BCUT2D eigenvalue weighted by Crippen LogP contribution is -2.30. The SMILES string of the molecule is CNCCN(C)C(C)c1ccc(F)cn1. The molecule has 0 aliphatic heterocycles. The van der Waals surface area contributed by atoms with E-state index in [1.54, 1.807) is 6.07 Å². The molecule has 1 rings (SSSR count). The molecule has 0 amide bonds. The van der Waals surface area contributed by atoms with Crippen LogP contribution in [0.4, 0.5) is 4.39 Å². The van der Waals surface area contributed by atoms with E-state index >= 15 is 0 Å². The van der Waals surface area contributed by atoms with Crippen molar-refractivity contribution in [1.29, 1.82) is 0 Å². The molecule has 4 heteroatoms. The summed E-state index contributed by atoms with van der Waals surface area (Å²) in [6, 6.07) is 3.39. The van der Waals surface area contributed by atoms with Gasteiger partial charge in [0.1, 0.15) is 5.82 Å². The molecular formula is C11H18FN3. The van der Waals surface area contributed by atoms with Crippen molar-refractivity contribution in [2.24, 2.45) is 0 Å². The van der Waals surface area contributed by atoms with Crippen molar-refractivity contribution in [3.8, 4) is 0 Å². The highest BCUT2D eigenvalue weighted by atomic mass is 19.1. The van der Waals surface area contributed by atoms with Gasteiger partial charge in [-0.1, -0.05) is 0 Å². The van der Waals surface area contributed by atoms with Gasteiger partial charge in [0.25, 0.3) is 0 Å². The molecule has 1 aromatic heterocycles. The quantitative estimate of drug-likeness (QED) is 0.798. The third kappa shape index (κ3) is 3.57. The van der Waals surface area contributed by atoms with Crippen LogP contribution in [0.15, 0.2) is 18.3 Å². The predicted octanol–water partition coefficient (Wildman–Crippen LogP) is 1.43. The van der Waals surface area contributed by atoms with Crippen molar-refractivity contribution in [2.45, 2.75) is 13.0 Å². The number of rotatable bonds is 5. The first-order valence-electron chi connectivity index (χ1n) is 5.11. The Labute approximate surface area is 90.3 Å². The Morgan fingerprint density at radius 3 is 2.80 bits per heavy atom. The van der Waals surface area contributed by atoms with Gasteiger partial charge in [-0.3, -0.25) is 9.88 Å². The first-order valence-corrected chi connectivity index (χ1v) is 5.11. The van der Waals surface area contributed by atoms with E-state index in [0.717, 1.165) is 18.8 Å². The van der Waals surface area contributed by atoms with Crippen LogP contribution < -0.4 is 5.32 Å². The van der Waals surface area contributed by atoms with Crippen LogP contribution >= 0.6 is 0 Å². The molecule has 84 valence electrons. The van der Waals surface area contributed by atoms with Crippen molar-refractivity contribution in [2.75, 3.05) is 27.2 Å². The zero-order valence-electron chi connectivity index (χ0n) is 9.50.